The zero-order valence-corrected chi connectivity index (χ0v) is 25.7. The molecule has 2 atom stereocenters. The van der Waals surface area contributed by atoms with Gasteiger partial charge in [-0.25, -0.2) is 0 Å². The lowest BCUT2D eigenvalue weighted by molar-refractivity contribution is 0.0701. The second-order valence-corrected chi connectivity index (χ2v) is 15.1. The van der Waals surface area contributed by atoms with Crippen LogP contribution >= 0.6 is 11.8 Å². The smallest absolute Gasteiger partial charge is 0.374 e. The van der Waals surface area contributed by atoms with Crippen molar-refractivity contribution in [1.29, 1.82) is 0 Å². The van der Waals surface area contributed by atoms with Crippen molar-refractivity contribution in [2.75, 3.05) is 39.6 Å². The van der Waals surface area contributed by atoms with Crippen LogP contribution in [0.1, 0.15) is 93.9 Å². The summed E-state index contributed by atoms with van der Waals surface area (Å²) in [5.41, 5.74) is 0. The fraction of sp³-hybridized carbons (Fsp3) is 1.00. The molecule has 0 bridgehead atoms. The van der Waals surface area contributed by atoms with Gasteiger partial charge in [-0.2, -0.15) is 11.8 Å². The highest BCUT2D eigenvalue weighted by Crippen LogP contribution is 2.35. The molecule has 33 heavy (non-hydrogen) atoms. The molecular formula is C24H54O6SSi2. The van der Waals surface area contributed by atoms with Gasteiger partial charge in [0.05, 0.1) is 0 Å². The molecule has 0 N–H and O–H groups in total. The van der Waals surface area contributed by atoms with Crippen LogP contribution in [0.15, 0.2) is 0 Å². The monoisotopic (exact) mass is 526 g/mol. The van der Waals surface area contributed by atoms with Crippen LogP contribution in [-0.2, 0) is 26.6 Å². The standard InChI is InChI=1S/C24H54O6SSi2/c1-9-17-23(19-21-32(25-11-3,26-12-4)27-13-5)31-24(18-10-2)20-22-33(28-14-6,29-15-7)30-16-8/h23-24H,9-22H2,1-8H3. The van der Waals surface area contributed by atoms with Gasteiger partial charge in [-0.15, -0.1) is 0 Å². The van der Waals surface area contributed by atoms with E-state index in [2.05, 4.69) is 25.6 Å². The van der Waals surface area contributed by atoms with Crippen molar-refractivity contribution in [2.24, 2.45) is 0 Å². The molecule has 9 heteroatoms. The fourth-order valence-corrected chi connectivity index (χ4v) is 11.8. The quantitative estimate of drug-likeness (QED) is 0.126. The highest BCUT2D eigenvalue weighted by Gasteiger charge is 2.42. The Labute approximate surface area is 211 Å². The van der Waals surface area contributed by atoms with Gasteiger partial charge in [0.2, 0.25) is 0 Å². The lowest BCUT2D eigenvalue weighted by Crippen LogP contribution is -2.46. The average Bonchev–Trinajstić information content (AvgIpc) is 2.77. The molecule has 0 aromatic carbocycles. The first-order valence-corrected chi connectivity index (χ1v) is 18.2. The van der Waals surface area contributed by atoms with Crippen molar-refractivity contribution in [1.82, 2.24) is 0 Å². The minimum Gasteiger partial charge on any atom is -0.374 e. The molecule has 0 heterocycles. The van der Waals surface area contributed by atoms with Crippen LogP contribution < -0.4 is 0 Å². The summed E-state index contributed by atoms with van der Waals surface area (Å²) < 4.78 is 36.6. The third-order valence-electron chi connectivity index (χ3n) is 5.34. The zero-order chi connectivity index (χ0) is 25.0. The summed E-state index contributed by atoms with van der Waals surface area (Å²) in [5, 5.41) is 1.14. The van der Waals surface area contributed by atoms with Gasteiger partial charge in [-0.1, -0.05) is 26.7 Å². The Balaban J connectivity index is 5.29. The molecule has 0 fully saturated rings. The first-order chi connectivity index (χ1) is 15.9. The number of hydrogen-bond acceptors (Lipinski definition) is 7. The van der Waals surface area contributed by atoms with E-state index in [1.807, 2.05) is 41.5 Å². The number of hydrogen-bond donors (Lipinski definition) is 0. The van der Waals surface area contributed by atoms with Gasteiger partial charge in [0.1, 0.15) is 0 Å². The van der Waals surface area contributed by atoms with Crippen molar-refractivity contribution < 1.29 is 26.6 Å². The topological polar surface area (TPSA) is 55.4 Å². The predicted octanol–water partition coefficient (Wildman–Crippen LogP) is 6.93. The SMILES string of the molecule is CCCC(CC[Si](OCC)(OCC)OCC)SC(CCC)CC[Si](OCC)(OCC)OCC. The van der Waals surface area contributed by atoms with Gasteiger partial charge in [0, 0.05) is 62.2 Å². The predicted molar refractivity (Wildman–Crippen MR) is 145 cm³/mol. The van der Waals surface area contributed by atoms with Crippen LogP contribution in [0.3, 0.4) is 0 Å². The molecule has 0 rings (SSSR count). The van der Waals surface area contributed by atoms with Gasteiger partial charge in [0.25, 0.3) is 0 Å². The third-order valence-corrected chi connectivity index (χ3v) is 13.2. The Morgan fingerprint density at radius 3 is 0.939 bits per heavy atom. The van der Waals surface area contributed by atoms with Crippen molar-refractivity contribution in [2.45, 2.75) is 117 Å². The second kappa shape index (κ2) is 20.7. The largest absolute Gasteiger partial charge is 0.500 e. The molecule has 2 unspecified atom stereocenters. The van der Waals surface area contributed by atoms with Crippen LogP contribution in [0.2, 0.25) is 12.1 Å². The van der Waals surface area contributed by atoms with Gasteiger partial charge in [-0.05, 0) is 67.2 Å². The summed E-state index contributed by atoms with van der Waals surface area (Å²) in [6.07, 6.45) is 6.89. The molecule has 0 aromatic rings. The fourth-order valence-electron chi connectivity index (χ4n) is 4.15. The van der Waals surface area contributed by atoms with Crippen LogP contribution in [0.4, 0.5) is 0 Å². The summed E-state index contributed by atoms with van der Waals surface area (Å²) in [5.74, 6) is 0. The van der Waals surface area contributed by atoms with Gasteiger partial charge >= 0.3 is 17.6 Å². The van der Waals surface area contributed by atoms with E-state index in [1.165, 1.54) is 25.7 Å². The van der Waals surface area contributed by atoms with E-state index in [9.17, 15) is 0 Å². The average molecular weight is 527 g/mol. The summed E-state index contributed by atoms with van der Waals surface area (Å²) >= 11 is 2.14. The van der Waals surface area contributed by atoms with Crippen LogP contribution in [0.25, 0.3) is 0 Å². The molecule has 0 amide bonds. The van der Waals surface area contributed by atoms with Crippen LogP contribution in [-0.4, -0.2) is 67.8 Å². The summed E-state index contributed by atoms with van der Waals surface area (Å²) in [7, 11) is -5.21. The molecule has 0 spiro atoms. The van der Waals surface area contributed by atoms with Gasteiger partial charge < -0.3 is 26.6 Å². The second-order valence-electron chi connectivity index (χ2n) is 8.00. The normalized spacial score (nSPS) is 14.5. The molecule has 0 aliphatic rings. The molecule has 0 aliphatic carbocycles. The van der Waals surface area contributed by atoms with Crippen LogP contribution in [0.5, 0.6) is 0 Å². The Morgan fingerprint density at radius 2 is 0.727 bits per heavy atom. The zero-order valence-electron chi connectivity index (χ0n) is 22.9. The maximum absolute atomic E-state index is 6.11. The Morgan fingerprint density at radius 1 is 0.455 bits per heavy atom. The molecule has 200 valence electrons. The molecule has 6 nitrogen and oxygen atoms in total. The Hall–Kier alpha value is 0.544. The van der Waals surface area contributed by atoms with E-state index in [4.69, 9.17) is 26.6 Å². The molecule has 0 aromatic heterocycles. The van der Waals surface area contributed by atoms with Crippen molar-refractivity contribution in [3.8, 4) is 0 Å². The molecular weight excluding hydrogens is 472 g/mol. The van der Waals surface area contributed by atoms with E-state index in [0.29, 0.717) is 50.1 Å². The van der Waals surface area contributed by atoms with Crippen LogP contribution in [0, 0.1) is 0 Å². The first kappa shape index (κ1) is 33.5. The maximum Gasteiger partial charge on any atom is 0.500 e. The van der Waals surface area contributed by atoms with E-state index in [1.54, 1.807) is 0 Å². The molecule has 0 saturated carbocycles. The Bertz CT molecular complexity index is 375. The highest BCUT2D eigenvalue weighted by atomic mass is 32.2. The van der Waals surface area contributed by atoms with Gasteiger partial charge in [-0.3, -0.25) is 0 Å². The summed E-state index contributed by atoms with van der Waals surface area (Å²) in [6.45, 7) is 20.5. The molecule has 0 aliphatic heterocycles. The summed E-state index contributed by atoms with van der Waals surface area (Å²) in [4.78, 5) is 0. The van der Waals surface area contributed by atoms with Gasteiger partial charge in [0.15, 0.2) is 0 Å². The lowest BCUT2D eigenvalue weighted by atomic mass is 10.2. The van der Waals surface area contributed by atoms with Crippen molar-refractivity contribution >= 4 is 29.4 Å². The number of thioether (sulfide) groups is 1. The highest BCUT2D eigenvalue weighted by molar-refractivity contribution is 8.00. The van der Waals surface area contributed by atoms with E-state index >= 15 is 0 Å². The van der Waals surface area contributed by atoms with E-state index < -0.39 is 17.6 Å². The Kier molecular flexibility index (Phi) is 21.0. The van der Waals surface area contributed by atoms with Crippen molar-refractivity contribution in [3.63, 3.8) is 0 Å². The first-order valence-electron chi connectivity index (χ1n) is 13.4. The summed E-state index contributed by atoms with van der Waals surface area (Å²) in [6, 6.07) is 1.77. The lowest BCUT2D eigenvalue weighted by Gasteiger charge is -2.32. The third kappa shape index (κ3) is 14.0. The van der Waals surface area contributed by atoms with E-state index in [0.717, 1.165) is 24.9 Å². The maximum atomic E-state index is 6.11. The van der Waals surface area contributed by atoms with Crippen molar-refractivity contribution in [3.05, 3.63) is 0 Å². The molecule has 0 radical (unpaired) electrons. The van der Waals surface area contributed by atoms with E-state index in [-0.39, 0.29) is 0 Å². The minimum absolute atomic E-state index is 0.571. The minimum atomic E-state index is -2.60. The number of rotatable bonds is 24. The molecule has 0 saturated heterocycles.